The van der Waals surface area contributed by atoms with E-state index in [0.29, 0.717) is 11.6 Å². The number of hydrogen-bond donors (Lipinski definition) is 3. The molecule has 4 atom stereocenters. The highest BCUT2D eigenvalue weighted by Crippen LogP contribution is 2.35. The molecule has 1 aliphatic heterocycles. The Morgan fingerprint density at radius 1 is 1.20 bits per heavy atom. The number of aryl methyl sites for hydroxylation is 1. The molecule has 5 rings (SSSR count). The van der Waals surface area contributed by atoms with Crippen molar-refractivity contribution < 1.29 is 29.1 Å². The van der Waals surface area contributed by atoms with Gasteiger partial charge in [0.05, 0.1) is 28.2 Å². The van der Waals surface area contributed by atoms with Gasteiger partial charge in [-0.2, -0.15) is 0 Å². The van der Waals surface area contributed by atoms with E-state index in [9.17, 15) is 19.8 Å². The fourth-order valence-corrected chi connectivity index (χ4v) is 6.49. The number of aliphatic hydroxyl groups excluding tert-OH is 2. The number of rotatable bonds is 10. The maximum Gasteiger partial charge on any atom is 0.254 e. The number of ether oxygens (including phenoxy) is 1. The average Bonchev–Trinajstić information content (AvgIpc) is 3.66. The van der Waals surface area contributed by atoms with E-state index in [4.69, 9.17) is 9.26 Å². The van der Waals surface area contributed by atoms with Crippen LogP contribution in [0.5, 0.6) is 5.88 Å². The predicted octanol–water partition coefficient (Wildman–Crippen LogP) is 3.84. The molecule has 2 aliphatic rings. The van der Waals surface area contributed by atoms with E-state index in [-0.39, 0.29) is 55.4 Å². The first-order chi connectivity index (χ1) is 19.6. The van der Waals surface area contributed by atoms with Gasteiger partial charge in [0.2, 0.25) is 11.8 Å². The van der Waals surface area contributed by atoms with Crippen LogP contribution in [0.4, 0.5) is 0 Å². The Morgan fingerprint density at radius 3 is 2.56 bits per heavy atom. The van der Waals surface area contributed by atoms with Crippen molar-refractivity contribution in [3.05, 3.63) is 52.9 Å². The van der Waals surface area contributed by atoms with E-state index >= 15 is 0 Å². The standard InChI is InChI=1S/C30H38N4O6S/c1-16(2)27(25-12-26(33-40-25)39-23-9-19(10-23)14-35)30(38)34-13-22(36)11-24(34)29(37)32-17(3)20-5-7-21(8-6-20)28-18(4)31-15-41-28/h5-8,12,15-17,19,22-24,27,35-36H,9-11,13-14H2,1-4H3,(H,32,37)/t17-,19-,22+,23-,24-,27-/m0/s1. The minimum atomic E-state index is -0.802. The first kappa shape index (κ1) is 29.2. The highest BCUT2D eigenvalue weighted by molar-refractivity contribution is 7.13. The van der Waals surface area contributed by atoms with Crippen molar-refractivity contribution in [2.24, 2.45) is 11.8 Å². The monoisotopic (exact) mass is 582 g/mol. The van der Waals surface area contributed by atoms with Gasteiger partial charge in [-0.25, -0.2) is 4.98 Å². The molecule has 0 spiro atoms. The van der Waals surface area contributed by atoms with E-state index in [1.807, 2.05) is 57.5 Å². The summed E-state index contributed by atoms with van der Waals surface area (Å²) >= 11 is 1.59. The van der Waals surface area contributed by atoms with Crippen LogP contribution in [-0.4, -0.2) is 68.5 Å². The summed E-state index contributed by atoms with van der Waals surface area (Å²) in [6.07, 6.45) is 0.836. The molecular formula is C30H38N4O6S. The van der Waals surface area contributed by atoms with Crippen molar-refractivity contribution in [3.63, 3.8) is 0 Å². The quantitative estimate of drug-likeness (QED) is 0.328. The van der Waals surface area contributed by atoms with Crippen LogP contribution < -0.4 is 10.1 Å². The van der Waals surface area contributed by atoms with Crippen LogP contribution in [0, 0.1) is 18.8 Å². The molecule has 2 amide bonds. The Balaban J connectivity index is 1.25. The number of aromatic nitrogens is 2. The number of nitrogens with one attached hydrogen (secondary N) is 1. The van der Waals surface area contributed by atoms with Gasteiger partial charge >= 0.3 is 0 Å². The molecular weight excluding hydrogens is 544 g/mol. The fourth-order valence-electron chi connectivity index (χ4n) is 5.68. The third-order valence-corrected chi connectivity index (χ3v) is 9.10. The molecule has 41 heavy (non-hydrogen) atoms. The molecule has 220 valence electrons. The molecule has 1 aromatic carbocycles. The molecule has 2 fully saturated rings. The van der Waals surface area contributed by atoms with Gasteiger partial charge in [-0.3, -0.25) is 9.59 Å². The SMILES string of the molecule is Cc1ncsc1-c1ccc([C@H](C)NC(=O)[C@@H]2C[C@@H](O)CN2C(=O)[C@H](c2cc(O[C@H]3C[C@H](CO)C3)no2)C(C)C)cc1. The molecule has 1 saturated carbocycles. The van der Waals surface area contributed by atoms with Crippen LogP contribution in [0.25, 0.3) is 10.4 Å². The molecule has 10 nitrogen and oxygen atoms in total. The molecule has 3 aromatic rings. The average molecular weight is 583 g/mol. The van der Waals surface area contributed by atoms with Crippen LogP contribution in [0.2, 0.25) is 0 Å². The number of amides is 2. The first-order valence-electron chi connectivity index (χ1n) is 14.2. The molecule has 1 saturated heterocycles. The van der Waals surface area contributed by atoms with Gasteiger partial charge in [-0.15, -0.1) is 11.3 Å². The largest absolute Gasteiger partial charge is 0.472 e. The summed E-state index contributed by atoms with van der Waals surface area (Å²) < 4.78 is 11.4. The van der Waals surface area contributed by atoms with Crippen LogP contribution in [-0.2, 0) is 9.59 Å². The maximum absolute atomic E-state index is 13.8. The van der Waals surface area contributed by atoms with Crippen LogP contribution >= 0.6 is 11.3 Å². The second-order valence-electron chi connectivity index (χ2n) is 11.6. The molecule has 3 heterocycles. The number of hydrogen-bond acceptors (Lipinski definition) is 9. The lowest BCUT2D eigenvalue weighted by Crippen LogP contribution is -2.48. The van der Waals surface area contributed by atoms with E-state index in [0.717, 1.165) is 34.5 Å². The van der Waals surface area contributed by atoms with Gasteiger partial charge in [0, 0.05) is 25.6 Å². The molecule has 0 bridgehead atoms. The summed E-state index contributed by atoms with van der Waals surface area (Å²) in [5, 5.41) is 26.8. The first-order valence-corrected chi connectivity index (χ1v) is 15.1. The van der Waals surface area contributed by atoms with Gasteiger partial charge < -0.3 is 29.7 Å². The lowest BCUT2D eigenvalue weighted by atomic mass is 9.83. The Hall–Kier alpha value is -3.28. The Kier molecular flexibility index (Phi) is 8.77. The molecule has 3 N–H and O–H groups in total. The lowest BCUT2D eigenvalue weighted by molar-refractivity contribution is -0.141. The van der Waals surface area contributed by atoms with Crippen molar-refractivity contribution in [1.29, 1.82) is 0 Å². The number of likely N-dealkylation sites (tertiary alicyclic amines) is 1. The minimum absolute atomic E-state index is 0.0323. The summed E-state index contributed by atoms with van der Waals surface area (Å²) in [6, 6.07) is 8.55. The second kappa shape index (κ2) is 12.3. The van der Waals surface area contributed by atoms with Crippen molar-refractivity contribution in [1.82, 2.24) is 20.4 Å². The van der Waals surface area contributed by atoms with Crippen LogP contribution in [0.15, 0.2) is 40.4 Å². The third-order valence-electron chi connectivity index (χ3n) is 8.13. The maximum atomic E-state index is 13.8. The number of thiazole rings is 1. The molecule has 11 heteroatoms. The van der Waals surface area contributed by atoms with Gasteiger partial charge in [0.1, 0.15) is 18.1 Å². The number of aliphatic hydroxyl groups is 2. The van der Waals surface area contributed by atoms with E-state index in [1.54, 1.807) is 17.4 Å². The molecule has 0 unspecified atom stereocenters. The van der Waals surface area contributed by atoms with E-state index < -0.39 is 18.1 Å². The topological polar surface area (TPSA) is 138 Å². The highest BCUT2D eigenvalue weighted by Gasteiger charge is 2.43. The Labute approximate surface area is 243 Å². The highest BCUT2D eigenvalue weighted by atomic mass is 32.1. The summed E-state index contributed by atoms with van der Waals surface area (Å²) in [5.41, 5.74) is 4.82. The zero-order valence-electron chi connectivity index (χ0n) is 23.8. The number of carbonyl (C=O) groups excluding carboxylic acids is 2. The van der Waals surface area contributed by atoms with Crippen molar-refractivity contribution in [2.75, 3.05) is 13.2 Å². The second-order valence-corrected chi connectivity index (χ2v) is 12.4. The van der Waals surface area contributed by atoms with Gasteiger partial charge in [-0.05, 0) is 54.8 Å². The van der Waals surface area contributed by atoms with Crippen molar-refractivity contribution >= 4 is 23.2 Å². The zero-order valence-corrected chi connectivity index (χ0v) is 24.6. The van der Waals surface area contributed by atoms with Gasteiger partial charge in [0.25, 0.3) is 5.88 Å². The third kappa shape index (κ3) is 6.32. The molecule has 2 aromatic heterocycles. The van der Waals surface area contributed by atoms with E-state index in [2.05, 4.69) is 15.5 Å². The van der Waals surface area contributed by atoms with E-state index in [1.165, 1.54) is 4.90 Å². The van der Waals surface area contributed by atoms with Crippen LogP contribution in [0.3, 0.4) is 0 Å². The molecule has 0 radical (unpaired) electrons. The summed E-state index contributed by atoms with van der Waals surface area (Å²) in [5.74, 6) is -0.517. The Bertz CT molecular complexity index is 1350. The number of carbonyl (C=O) groups is 2. The summed E-state index contributed by atoms with van der Waals surface area (Å²) in [6.45, 7) is 7.91. The predicted molar refractivity (Wildman–Crippen MR) is 153 cm³/mol. The van der Waals surface area contributed by atoms with Gasteiger partial charge in [0.15, 0.2) is 5.76 Å². The number of nitrogens with zero attached hydrogens (tertiary/aromatic N) is 3. The molecule has 1 aliphatic carbocycles. The summed E-state index contributed by atoms with van der Waals surface area (Å²) in [7, 11) is 0. The number of β-amino-alcohol motifs (C(OH)–C–C–N with tert-alkyl or cyclic N) is 1. The van der Waals surface area contributed by atoms with Crippen molar-refractivity contribution in [3.8, 4) is 16.3 Å². The normalized spacial score (nSPS) is 23.7. The fraction of sp³-hybridized carbons (Fsp3) is 0.533. The summed E-state index contributed by atoms with van der Waals surface area (Å²) in [4.78, 5) is 34.2. The Morgan fingerprint density at radius 2 is 1.93 bits per heavy atom. The van der Waals surface area contributed by atoms with Crippen LogP contribution in [0.1, 0.15) is 69.0 Å². The lowest BCUT2D eigenvalue weighted by Gasteiger charge is -2.33. The van der Waals surface area contributed by atoms with Gasteiger partial charge in [-0.1, -0.05) is 38.1 Å². The zero-order chi connectivity index (χ0) is 29.3. The van der Waals surface area contributed by atoms with Crippen molar-refractivity contribution in [2.45, 2.75) is 77.2 Å². The number of benzene rings is 1. The smallest absolute Gasteiger partial charge is 0.254 e. The minimum Gasteiger partial charge on any atom is -0.472 e.